The van der Waals surface area contributed by atoms with Crippen molar-refractivity contribution in [3.63, 3.8) is 0 Å². The Balaban J connectivity index is 1.95. The summed E-state index contributed by atoms with van der Waals surface area (Å²) >= 11 is 0. The Kier molecular flexibility index (Phi) is 4.83. The van der Waals surface area contributed by atoms with Gasteiger partial charge < -0.3 is 15.7 Å². The summed E-state index contributed by atoms with van der Waals surface area (Å²) in [6.07, 6.45) is 3.58. The van der Waals surface area contributed by atoms with Crippen molar-refractivity contribution >= 4 is 17.7 Å². The van der Waals surface area contributed by atoms with E-state index in [4.69, 9.17) is 5.11 Å². The monoisotopic (exact) mass is 290 g/mol. The van der Waals surface area contributed by atoms with E-state index in [0.29, 0.717) is 24.1 Å². The van der Waals surface area contributed by atoms with E-state index in [-0.39, 0.29) is 11.6 Å². The quantitative estimate of drug-likeness (QED) is 0.796. The molecular formula is C16H22N2O3. The number of urea groups is 1. The predicted molar refractivity (Wildman–Crippen MR) is 81.7 cm³/mol. The van der Waals surface area contributed by atoms with Gasteiger partial charge >= 0.3 is 12.0 Å². The van der Waals surface area contributed by atoms with Gasteiger partial charge in [-0.1, -0.05) is 31.4 Å². The van der Waals surface area contributed by atoms with E-state index in [1.807, 2.05) is 6.92 Å². The molecule has 1 aliphatic rings. The topological polar surface area (TPSA) is 78.4 Å². The highest BCUT2D eigenvalue weighted by Crippen LogP contribution is 2.30. The van der Waals surface area contributed by atoms with Gasteiger partial charge in [0.05, 0.1) is 11.3 Å². The minimum absolute atomic E-state index is 0.111. The lowest BCUT2D eigenvalue weighted by atomic mass is 9.98. The first-order chi connectivity index (χ1) is 9.97. The van der Waals surface area contributed by atoms with Crippen LogP contribution in [0.1, 0.15) is 42.1 Å². The Morgan fingerprint density at radius 3 is 2.71 bits per heavy atom. The number of benzene rings is 1. The number of aromatic carboxylic acids is 1. The van der Waals surface area contributed by atoms with Gasteiger partial charge in [0, 0.05) is 6.54 Å². The number of nitrogens with one attached hydrogen (secondary N) is 2. The number of aryl methyl sites for hydroxylation is 1. The highest BCUT2D eigenvalue weighted by Gasteiger charge is 2.23. The van der Waals surface area contributed by atoms with Crippen molar-refractivity contribution in [2.75, 3.05) is 11.9 Å². The number of hydrogen-bond donors (Lipinski definition) is 3. The van der Waals surface area contributed by atoms with Gasteiger partial charge in [0.25, 0.3) is 0 Å². The zero-order valence-electron chi connectivity index (χ0n) is 12.5. The fourth-order valence-corrected chi connectivity index (χ4v) is 2.86. The van der Waals surface area contributed by atoms with Gasteiger partial charge in [0.1, 0.15) is 0 Å². The van der Waals surface area contributed by atoms with Gasteiger partial charge in [-0.25, -0.2) is 9.59 Å². The minimum Gasteiger partial charge on any atom is -0.478 e. The number of carbonyl (C=O) groups excluding carboxylic acids is 1. The molecule has 2 atom stereocenters. The standard InChI is InChI=1S/C16H22N2O3/c1-10-6-7-14(13(8-10)15(19)20)18-16(21)17-9-12-5-3-4-11(12)2/h6-8,11-12H,3-5,9H2,1-2H3,(H,19,20)(H2,17,18,21). The number of amides is 2. The summed E-state index contributed by atoms with van der Waals surface area (Å²) < 4.78 is 0. The lowest BCUT2D eigenvalue weighted by Gasteiger charge is -2.16. The second kappa shape index (κ2) is 6.61. The van der Waals surface area contributed by atoms with Gasteiger partial charge in [-0.2, -0.15) is 0 Å². The van der Waals surface area contributed by atoms with E-state index in [0.717, 1.165) is 12.0 Å². The Morgan fingerprint density at radius 1 is 1.33 bits per heavy atom. The van der Waals surface area contributed by atoms with Crippen molar-refractivity contribution in [1.29, 1.82) is 0 Å². The molecular weight excluding hydrogens is 268 g/mol. The molecule has 2 amide bonds. The zero-order valence-corrected chi connectivity index (χ0v) is 12.5. The molecule has 1 aliphatic carbocycles. The number of carboxylic acid groups (broad SMARTS) is 1. The van der Waals surface area contributed by atoms with E-state index in [2.05, 4.69) is 17.6 Å². The number of carboxylic acids is 1. The van der Waals surface area contributed by atoms with E-state index in [1.54, 1.807) is 18.2 Å². The smallest absolute Gasteiger partial charge is 0.337 e. The predicted octanol–water partition coefficient (Wildman–Crippen LogP) is 3.25. The van der Waals surface area contributed by atoms with Crippen LogP contribution in [0.5, 0.6) is 0 Å². The molecule has 3 N–H and O–H groups in total. The lowest BCUT2D eigenvalue weighted by molar-refractivity contribution is 0.0698. The summed E-state index contributed by atoms with van der Waals surface area (Å²) in [5, 5.41) is 14.6. The molecule has 1 aromatic carbocycles. The summed E-state index contributed by atoms with van der Waals surface area (Å²) in [5.41, 5.74) is 1.28. The van der Waals surface area contributed by atoms with E-state index < -0.39 is 5.97 Å². The Hall–Kier alpha value is -2.04. The van der Waals surface area contributed by atoms with Gasteiger partial charge in [-0.05, 0) is 37.3 Å². The van der Waals surface area contributed by atoms with Gasteiger partial charge in [-0.15, -0.1) is 0 Å². The average molecular weight is 290 g/mol. The average Bonchev–Trinajstić information content (AvgIpc) is 2.84. The van der Waals surface area contributed by atoms with Crippen LogP contribution in [0, 0.1) is 18.8 Å². The first-order valence-electron chi connectivity index (χ1n) is 7.36. The molecule has 0 radical (unpaired) electrons. The van der Waals surface area contributed by atoms with Gasteiger partial charge in [0.15, 0.2) is 0 Å². The van der Waals surface area contributed by atoms with Crippen molar-refractivity contribution in [3.8, 4) is 0 Å². The fourth-order valence-electron chi connectivity index (χ4n) is 2.86. The van der Waals surface area contributed by atoms with Crippen molar-refractivity contribution in [3.05, 3.63) is 29.3 Å². The maximum Gasteiger partial charge on any atom is 0.337 e. The van der Waals surface area contributed by atoms with Crippen LogP contribution in [0.15, 0.2) is 18.2 Å². The van der Waals surface area contributed by atoms with Gasteiger partial charge in [-0.3, -0.25) is 0 Å². The van der Waals surface area contributed by atoms with Crippen molar-refractivity contribution < 1.29 is 14.7 Å². The Morgan fingerprint density at radius 2 is 2.10 bits per heavy atom. The summed E-state index contributed by atoms with van der Waals surface area (Å²) in [6.45, 7) is 4.67. The van der Waals surface area contributed by atoms with Crippen LogP contribution in [0.3, 0.4) is 0 Å². The zero-order chi connectivity index (χ0) is 15.4. The third-order valence-corrected chi connectivity index (χ3v) is 4.22. The van der Waals surface area contributed by atoms with Crippen LogP contribution in [-0.2, 0) is 0 Å². The molecule has 0 saturated heterocycles. The summed E-state index contributed by atoms with van der Waals surface area (Å²) in [4.78, 5) is 23.1. The maximum absolute atomic E-state index is 11.9. The molecule has 1 saturated carbocycles. The van der Waals surface area contributed by atoms with Crippen LogP contribution in [0.25, 0.3) is 0 Å². The van der Waals surface area contributed by atoms with Crippen molar-refractivity contribution in [2.24, 2.45) is 11.8 Å². The highest BCUT2D eigenvalue weighted by molar-refractivity contribution is 6.00. The lowest BCUT2D eigenvalue weighted by Crippen LogP contribution is -2.34. The first-order valence-corrected chi connectivity index (χ1v) is 7.36. The molecule has 1 aromatic rings. The first kappa shape index (κ1) is 15.4. The Labute approximate surface area is 124 Å². The SMILES string of the molecule is Cc1ccc(NC(=O)NCC2CCCC2C)c(C(=O)O)c1. The summed E-state index contributed by atoms with van der Waals surface area (Å²) in [7, 11) is 0. The molecule has 21 heavy (non-hydrogen) atoms. The second-order valence-corrected chi connectivity index (χ2v) is 5.86. The van der Waals surface area contributed by atoms with Crippen LogP contribution in [0.4, 0.5) is 10.5 Å². The molecule has 5 heteroatoms. The fraction of sp³-hybridized carbons (Fsp3) is 0.500. The van der Waals surface area contributed by atoms with Crippen LogP contribution < -0.4 is 10.6 Å². The number of anilines is 1. The van der Waals surface area contributed by atoms with Crippen molar-refractivity contribution in [2.45, 2.75) is 33.1 Å². The van der Waals surface area contributed by atoms with Crippen LogP contribution in [0.2, 0.25) is 0 Å². The van der Waals surface area contributed by atoms with Crippen LogP contribution >= 0.6 is 0 Å². The normalized spacial score (nSPS) is 21.0. The van der Waals surface area contributed by atoms with E-state index in [9.17, 15) is 9.59 Å². The second-order valence-electron chi connectivity index (χ2n) is 5.86. The largest absolute Gasteiger partial charge is 0.478 e. The molecule has 0 spiro atoms. The molecule has 5 nitrogen and oxygen atoms in total. The Bertz CT molecular complexity index is 542. The van der Waals surface area contributed by atoms with E-state index in [1.165, 1.54) is 12.8 Å². The van der Waals surface area contributed by atoms with Crippen LogP contribution in [-0.4, -0.2) is 23.7 Å². The van der Waals surface area contributed by atoms with Gasteiger partial charge in [0.2, 0.25) is 0 Å². The molecule has 0 bridgehead atoms. The third kappa shape index (κ3) is 3.97. The van der Waals surface area contributed by atoms with E-state index >= 15 is 0 Å². The molecule has 0 aliphatic heterocycles. The molecule has 1 fully saturated rings. The minimum atomic E-state index is -1.04. The molecule has 2 unspecified atom stereocenters. The number of carbonyl (C=O) groups is 2. The molecule has 114 valence electrons. The summed E-state index contributed by atoms with van der Waals surface area (Å²) in [6, 6.07) is 4.61. The number of rotatable bonds is 4. The third-order valence-electron chi connectivity index (χ3n) is 4.22. The summed E-state index contributed by atoms with van der Waals surface area (Å²) in [5.74, 6) is 0.116. The van der Waals surface area contributed by atoms with Crippen molar-refractivity contribution in [1.82, 2.24) is 5.32 Å². The molecule has 0 heterocycles. The molecule has 2 rings (SSSR count). The highest BCUT2D eigenvalue weighted by atomic mass is 16.4. The number of hydrogen-bond acceptors (Lipinski definition) is 2. The molecule has 0 aromatic heterocycles. The maximum atomic E-state index is 11.9.